The largest absolute Gasteiger partial charge is 0.321 e. The molecule has 0 bridgehead atoms. The molecule has 0 saturated heterocycles. The molecule has 0 spiro atoms. The van der Waals surface area contributed by atoms with E-state index < -0.39 is 0 Å². The summed E-state index contributed by atoms with van der Waals surface area (Å²) in [6, 6.07) is 12.9. The molecule has 1 amide bonds. The third-order valence-corrected chi connectivity index (χ3v) is 4.37. The molecule has 0 aliphatic heterocycles. The van der Waals surface area contributed by atoms with Crippen LogP contribution in [0.4, 0.5) is 5.69 Å². The first-order valence-corrected chi connectivity index (χ1v) is 8.25. The quantitative estimate of drug-likeness (QED) is 0.723. The van der Waals surface area contributed by atoms with Crippen LogP contribution in [-0.4, -0.2) is 11.7 Å². The van der Waals surface area contributed by atoms with Gasteiger partial charge in [-0.15, -0.1) is 11.8 Å². The van der Waals surface area contributed by atoms with Crippen LogP contribution in [0.1, 0.15) is 17.3 Å². The summed E-state index contributed by atoms with van der Waals surface area (Å²) in [4.78, 5) is 13.3. The van der Waals surface area contributed by atoms with Crippen LogP contribution in [0.15, 0.2) is 51.8 Å². The first-order valence-electron chi connectivity index (χ1n) is 6.10. The van der Waals surface area contributed by atoms with E-state index in [4.69, 9.17) is 11.6 Å². The van der Waals surface area contributed by atoms with Crippen LogP contribution in [-0.2, 0) is 0 Å². The molecule has 2 aromatic carbocycles. The molecule has 2 aromatic rings. The van der Waals surface area contributed by atoms with Gasteiger partial charge in [0.25, 0.3) is 5.91 Å². The zero-order valence-electron chi connectivity index (χ0n) is 10.8. The average molecular weight is 371 g/mol. The maximum Gasteiger partial charge on any atom is 0.256 e. The van der Waals surface area contributed by atoms with Gasteiger partial charge in [0.1, 0.15) is 0 Å². The lowest BCUT2D eigenvalue weighted by molar-refractivity contribution is 0.102. The fourth-order valence-electron chi connectivity index (χ4n) is 1.72. The van der Waals surface area contributed by atoms with Crippen molar-refractivity contribution in [2.75, 3.05) is 11.1 Å². The number of amides is 1. The second-order valence-corrected chi connectivity index (χ2v) is 6.64. The summed E-state index contributed by atoms with van der Waals surface area (Å²) in [5.41, 5.74) is 1.27. The van der Waals surface area contributed by atoms with Crippen molar-refractivity contribution in [1.29, 1.82) is 0 Å². The summed E-state index contributed by atoms with van der Waals surface area (Å²) in [6.45, 7) is 2.06. The Hall–Kier alpha value is -0.970. The van der Waals surface area contributed by atoms with Gasteiger partial charge in [-0.05, 0) is 36.1 Å². The minimum atomic E-state index is -0.147. The lowest BCUT2D eigenvalue weighted by Crippen LogP contribution is -2.13. The highest BCUT2D eigenvalue weighted by molar-refractivity contribution is 9.10. The number of halogens is 2. The molecule has 2 nitrogen and oxygen atoms in total. The van der Waals surface area contributed by atoms with Gasteiger partial charge in [0, 0.05) is 9.37 Å². The summed E-state index contributed by atoms with van der Waals surface area (Å²) in [7, 11) is 0. The first kappa shape index (κ1) is 15.4. The van der Waals surface area contributed by atoms with Crippen molar-refractivity contribution in [2.45, 2.75) is 11.8 Å². The molecule has 0 aromatic heterocycles. The number of rotatable bonds is 4. The normalized spacial score (nSPS) is 10.3. The Kier molecular flexibility index (Phi) is 5.52. The molecule has 2 rings (SSSR count). The number of carbonyl (C=O) groups excluding carboxylic acids is 1. The second-order valence-electron chi connectivity index (χ2n) is 4.01. The zero-order valence-corrected chi connectivity index (χ0v) is 14.0. The third-order valence-electron chi connectivity index (χ3n) is 2.61. The molecule has 0 aliphatic rings. The van der Waals surface area contributed by atoms with Crippen molar-refractivity contribution in [2.24, 2.45) is 0 Å². The predicted octanol–water partition coefficient (Wildman–Crippen LogP) is 5.47. The lowest BCUT2D eigenvalue weighted by atomic mass is 10.2. The molecule has 104 valence electrons. The molecular formula is C15H13BrClNOS. The van der Waals surface area contributed by atoms with E-state index in [1.807, 2.05) is 30.3 Å². The molecule has 0 aliphatic carbocycles. The zero-order chi connectivity index (χ0) is 14.5. The maximum atomic E-state index is 12.4. The summed E-state index contributed by atoms with van der Waals surface area (Å²) in [5.74, 6) is 0.773. The Labute approximate surface area is 136 Å². The second kappa shape index (κ2) is 7.16. The van der Waals surface area contributed by atoms with E-state index in [1.165, 1.54) is 0 Å². The minimum Gasteiger partial charge on any atom is -0.321 e. The van der Waals surface area contributed by atoms with Gasteiger partial charge in [-0.3, -0.25) is 4.79 Å². The van der Waals surface area contributed by atoms with Crippen LogP contribution in [0, 0.1) is 0 Å². The van der Waals surface area contributed by atoms with Crippen molar-refractivity contribution in [1.82, 2.24) is 0 Å². The van der Waals surface area contributed by atoms with Crippen molar-refractivity contribution < 1.29 is 4.79 Å². The number of nitrogens with one attached hydrogen (secondary N) is 1. The summed E-state index contributed by atoms with van der Waals surface area (Å²) < 4.78 is 0.877. The number of hydrogen-bond donors (Lipinski definition) is 1. The topological polar surface area (TPSA) is 29.1 Å². The first-order chi connectivity index (χ1) is 9.61. The van der Waals surface area contributed by atoms with Gasteiger partial charge in [-0.2, -0.15) is 0 Å². The van der Waals surface area contributed by atoms with Gasteiger partial charge in [-0.1, -0.05) is 46.6 Å². The van der Waals surface area contributed by atoms with Crippen LogP contribution in [0.5, 0.6) is 0 Å². The molecule has 0 atom stereocenters. The van der Waals surface area contributed by atoms with E-state index in [0.29, 0.717) is 16.3 Å². The van der Waals surface area contributed by atoms with E-state index >= 15 is 0 Å². The van der Waals surface area contributed by atoms with Crippen molar-refractivity contribution in [3.8, 4) is 0 Å². The van der Waals surface area contributed by atoms with Crippen LogP contribution < -0.4 is 5.32 Å². The fourth-order valence-corrected chi connectivity index (χ4v) is 3.24. The summed E-state index contributed by atoms with van der Waals surface area (Å²) >= 11 is 11.1. The van der Waals surface area contributed by atoms with Gasteiger partial charge < -0.3 is 5.32 Å². The van der Waals surface area contributed by atoms with Crippen molar-refractivity contribution in [3.05, 3.63) is 57.5 Å². The highest BCUT2D eigenvalue weighted by atomic mass is 79.9. The highest BCUT2D eigenvalue weighted by Gasteiger charge is 2.12. The van der Waals surface area contributed by atoms with Gasteiger partial charge in [0.2, 0.25) is 0 Å². The van der Waals surface area contributed by atoms with Gasteiger partial charge in [0.15, 0.2) is 0 Å². The van der Waals surface area contributed by atoms with E-state index in [-0.39, 0.29) is 5.91 Å². The average Bonchev–Trinajstić information content (AvgIpc) is 2.43. The molecule has 0 unspecified atom stereocenters. The fraction of sp³-hybridized carbons (Fsp3) is 0.133. The molecule has 0 heterocycles. The predicted molar refractivity (Wildman–Crippen MR) is 89.9 cm³/mol. The van der Waals surface area contributed by atoms with Crippen LogP contribution in [0.2, 0.25) is 5.02 Å². The Morgan fingerprint density at radius 3 is 2.75 bits per heavy atom. The Morgan fingerprint density at radius 2 is 2.05 bits per heavy atom. The van der Waals surface area contributed by atoms with Gasteiger partial charge >= 0.3 is 0 Å². The third kappa shape index (κ3) is 3.78. The van der Waals surface area contributed by atoms with Crippen molar-refractivity contribution in [3.63, 3.8) is 0 Å². The highest BCUT2D eigenvalue weighted by Crippen LogP contribution is 2.28. The number of carbonyl (C=O) groups is 1. The molecule has 0 fully saturated rings. The molecule has 5 heteroatoms. The standard InChI is InChI=1S/C15H13BrClNOS/c1-2-20-14-6-4-3-5-11(14)15(19)18-13-8-7-10(16)9-12(13)17/h3-9H,2H2,1H3,(H,18,19). The number of benzene rings is 2. The van der Waals surface area contributed by atoms with Crippen molar-refractivity contribution >= 4 is 50.9 Å². The summed E-state index contributed by atoms with van der Waals surface area (Å²) in [5, 5.41) is 3.36. The monoisotopic (exact) mass is 369 g/mol. The maximum absolute atomic E-state index is 12.4. The smallest absolute Gasteiger partial charge is 0.256 e. The molecule has 1 N–H and O–H groups in total. The minimum absolute atomic E-state index is 0.147. The van der Waals surface area contributed by atoms with Crippen LogP contribution in [0.3, 0.4) is 0 Å². The molecule has 0 saturated carbocycles. The molecule has 20 heavy (non-hydrogen) atoms. The summed E-state index contributed by atoms with van der Waals surface area (Å²) in [6.07, 6.45) is 0. The SMILES string of the molecule is CCSc1ccccc1C(=O)Nc1ccc(Br)cc1Cl. The molecule has 0 radical (unpaired) electrons. The van der Waals surface area contributed by atoms with Crippen LogP contribution >= 0.6 is 39.3 Å². The number of anilines is 1. The van der Waals surface area contributed by atoms with E-state index in [1.54, 1.807) is 23.9 Å². The van der Waals surface area contributed by atoms with Gasteiger partial charge in [-0.25, -0.2) is 0 Å². The number of hydrogen-bond acceptors (Lipinski definition) is 2. The number of thioether (sulfide) groups is 1. The Bertz CT molecular complexity index is 633. The van der Waals surface area contributed by atoms with Crippen LogP contribution in [0.25, 0.3) is 0 Å². The van der Waals surface area contributed by atoms with E-state index in [2.05, 4.69) is 28.2 Å². The Morgan fingerprint density at radius 1 is 1.30 bits per heavy atom. The lowest BCUT2D eigenvalue weighted by Gasteiger charge is -2.10. The molecular weight excluding hydrogens is 358 g/mol. The van der Waals surface area contributed by atoms with E-state index in [0.717, 1.165) is 15.1 Å². The van der Waals surface area contributed by atoms with E-state index in [9.17, 15) is 4.79 Å². The Balaban J connectivity index is 2.24. The van der Waals surface area contributed by atoms with Gasteiger partial charge in [0.05, 0.1) is 16.3 Å².